The summed E-state index contributed by atoms with van der Waals surface area (Å²) in [5.74, 6) is -0.102. The van der Waals surface area contributed by atoms with Gasteiger partial charge in [-0.3, -0.25) is 4.79 Å². The molecular weight excluding hydrogens is 307 g/mol. The molecule has 0 aliphatic carbocycles. The third kappa shape index (κ3) is 2.42. The van der Waals surface area contributed by atoms with Crippen LogP contribution in [0.15, 0.2) is 42.5 Å². The Morgan fingerprint density at radius 2 is 1.76 bits per heavy atom. The van der Waals surface area contributed by atoms with Crippen LogP contribution < -0.4 is 10.6 Å². The van der Waals surface area contributed by atoms with Crippen LogP contribution in [0.25, 0.3) is 0 Å². The molecule has 2 aromatic rings. The molecule has 0 bridgehead atoms. The molecule has 3 nitrogen and oxygen atoms in total. The second kappa shape index (κ2) is 5.34. The number of carbonyl (C=O) groups is 1. The average molecular weight is 321 g/mol. The Morgan fingerprint density at radius 3 is 2.38 bits per heavy atom. The van der Waals surface area contributed by atoms with Crippen LogP contribution >= 0.6 is 23.2 Å². The van der Waals surface area contributed by atoms with Gasteiger partial charge in [-0.25, -0.2) is 0 Å². The van der Waals surface area contributed by atoms with Crippen molar-refractivity contribution in [1.82, 2.24) is 0 Å². The minimum absolute atomic E-state index is 0.102. The molecule has 1 saturated heterocycles. The number of halogens is 2. The first-order valence-electron chi connectivity index (χ1n) is 6.59. The van der Waals surface area contributed by atoms with Crippen molar-refractivity contribution in [3.05, 3.63) is 63.6 Å². The van der Waals surface area contributed by atoms with Crippen molar-refractivity contribution in [1.29, 1.82) is 0 Å². The lowest BCUT2D eigenvalue weighted by molar-refractivity contribution is -0.126. The SMILES string of the molecule is Cc1ccc(N2C(=O)[C@H](N)[C@@H]2c2ccc(Cl)cc2Cl)cc1. The second-order valence-corrected chi connectivity index (χ2v) is 6.02. The third-order valence-corrected chi connectivity index (χ3v) is 4.30. The number of β-lactam (4-membered cyclic amide) rings is 1. The Labute approximate surface area is 133 Å². The zero-order chi connectivity index (χ0) is 15.1. The Hall–Kier alpha value is -1.55. The lowest BCUT2D eigenvalue weighted by Crippen LogP contribution is -2.63. The number of amides is 1. The maximum Gasteiger partial charge on any atom is 0.247 e. The lowest BCUT2D eigenvalue weighted by atomic mass is 9.88. The summed E-state index contributed by atoms with van der Waals surface area (Å²) in [6.07, 6.45) is 0. The number of rotatable bonds is 2. The van der Waals surface area contributed by atoms with E-state index in [9.17, 15) is 4.79 Å². The van der Waals surface area contributed by atoms with E-state index in [1.807, 2.05) is 37.3 Å². The average Bonchev–Trinajstić information content (AvgIpc) is 2.46. The van der Waals surface area contributed by atoms with Crippen LogP contribution in [0.4, 0.5) is 5.69 Å². The lowest BCUT2D eigenvalue weighted by Gasteiger charge is -2.46. The van der Waals surface area contributed by atoms with E-state index in [-0.39, 0.29) is 11.9 Å². The molecule has 1 fully saturated rings. The molecule has 0 unspecified atom stereocenters. The molecule has 2 atom stereocenters. The Bertz CT molecular complexity index is 700. The van der Waals surface area contributed by atoms with E-state index in [0.29, 0.717) is 10.0 Å². The van der Waals surface area contributed by atoms with Gasteiger partial charge in [0.1, 0.15) is 6.04 Å². The summed E-state index contributed by atoms with van der Waals surface area (Å²) in [6.45, 7) is 2.00. The second-order valence-electron chi connectivity index (χ2n) is 5.18. The zero-order valence-corrected chi connectivity index (χ0v) is 12.9. The molecule has 0 radical (unpaired) electrons. The Morgan fingerprint density at radius 1 is 1.10 bits per heavy atom. The number of hydrogen-bond acceptors (Lipinski definition) is 2. The maximum absolute atomic E-state index is 12.1. The molecule has 5 heteroatoms. The summed E-state index contributed by atoms with van der Waals surface area (Å²) in [6, 6.07) is 12.2. The number of carbonyl (C=O) groups excluding carboxylic acids is 1. The summed E-state index contributed by atoms with van der Waals surface area (Å²) < 4.78 is 0. The van der Waals surface area contributed by atoms with E-state index in [2.05, 4.69) is 0 Å². The van der Waals surface area contributed by atoms with Gasteiger partial charge in [0.05, 0.1) is 6.04 Å². The van der Waals surface area contributed by atoms with Crippen molar-refractivity contribution in [3.8, 4) is 0 Å². The molecular formula is C16H14Cl2N2O. The summed E-state index contributed by atoms with van der Waals surface area (Å²) >= 11 is 12.2. The standard InChI is InChI=1S/C16H14Cl2N2O/c1-9-2-5-11(6-3-9)20-15(14(19)16(20)21)12-7-4-10(17)8-13(12)18/h2-8,14-15H,19H2,1H3/t14-,15+/m1/s1. The van der Waals surface area contributed by atoms with Crippen LogP contribution in [0.5, 0.6) is 0 Å². The van der Waals surface area contributed by atoms with Crippen LogP contribution in [0, 0.1) is 6.92 Å². The molecule has 0 aromatic heterocycles. The monoisotopic (exact) mass is 320 g/mol. The summed E-state index contributed by atoms with van der Waals surface area (Å²) in [4.78, 5) is 13.8. The van der Waals surface area contributed by atoms with E-state index in [0.717, 1.165) is 16.8 Å². The fourth-order valence-corrected chi connectivity index (χ4v) is 3.10. The fraction of sp³-hybridized carbons (Fsp3) is 0.188. The van der Waals surface area contributed by atoms with Crippen LogP contribution in [0.1, 0.15) is 17.2 Å². The zero-order valence-electron chi connectivity index (χ0n) is 11.4. The van der Waals surface area contributed by atoms with Gasteiger partial charge in [-0.15, -0.1) is 0 Å². The molecule has 2 aromatic carbocycles. The Kier molecular flexibility index (Phi) is 3.66. The minimum atomic E-state index is -0.579. The minimum Gasteiger partial charge on any atom is -0.318 e. The normalized spacial score (nSPS) is 21.3. The first kappa shape index (κ1) is 14.4. The van der Waals surface area contributed by atoms with Crippen molar-refractivity contribution in [2.45, 2.75) is 19.0 Å². The fourth-order valence-electron chi connectivity index (χ4n) is 2.58. The molecule has 0 spiro atoms. The van der Waals surface area contributed by atoms with Gasteiger partial charge in [-0.2, -0.15) is 0 Å². The predicted molar refractivity (Wildman–Crippen MR) is 85.8 cm³/mol. The smallest absolute Gasteiger partial charge is 0.247 e. The van der Waals surface area contributed by atoms with Gasteiger partial charge in [-0.05, 0) is 36.8 Å². The molecule has 1 heterocycles. The molecule has 1 aliphatic rings. The summed E-state index contributed by atoms with van der Waals surface area (Å²) in [7, 11) is 0. The molecule has 21 heavy (non-hydrogen) atoms. The summed E-state index contributed by atoms with van der Waals surface area (Å²) in [5, 5.41) is 1.08. The van der Waals surface area contributed by atoms with Crippen LogP contribution in [0.3, 0.4) is 0 Å². The number of benzene rings is 2. The van der Waals surface area contributed by atoms with Crippen molar-refractivity contribution >= 4 is 34.8 Å². The van der Waals surface area contributed by atoms with Crippen molar-refractivity contribution in [2.24, 2.45) is 5.73 Å². The van der Waals surface area contributed by atoms with E-state index in [4.69, 9.17) is 28.9 Å². The van der Waals surface area contributed by atoms with E-state index in [1.54, 1.807) is 17.0 Å². The highest BCUT2D eigenvalue weighted by Gasteiger charge is 2.47. The predicted octanol–water partition coefficient (Wildman–Crippen LogP) is 3.72. The number of anilines is 1. The quantitative estimate of drug-likeness (QED) is 0.857. The number of hydrogen-bond donors (Lipinski definition) is 1. The van der Waals surface area contributed by atoms with E-state index < -0.39 is 6.04 Å². The van der Waals surface area contributed by atoms with Crippen LogP contribution in [-0.2, 0) is 4.79 Å². The maximum atomic E-state index is 12.1. The van der Waals surface area contributed by atoms with Crippen molar-refractivity contribution < 1.29 is 4.79 Å². The Balaban J connectivity index is 2.00. The molecule has 0 saturated carbocycles. The van der Waals surface area contributed by atoms with Gasteiger partial charge in [0.15, 0.2) is 0 Å². The third-order valence-electron chi connectivity index (χ3n) is 3.73. The topological polar surface area (TPSA) is 46.3 Å². The molecule has 2 N–H and O–H groups in total. The van der Waals surface area contributed by atoms with Gasteiger partial charge in [0.2, 0.25) is 5.91 Å². The molecule has 3 rings (SSSR count). The highest BCUT2D eigenvalue weighted by atomic mass is 35.5. The number of nitrogens with two attached hydrogens (primary N) is 1. The van der Waals surface area contributed by atoms with Gasteiger partial charge in [0.25, 0.3) is 0 Å². The van der Waals surface area contributed by atoms with Gasteiger partial charge >= 0.3 is 0 Å². The molecule has 1 amide bonds. The first-order chi connectivity index (χ1) is 9.99. The first-order valence-corrected chi connectivity index (χ1v) is 7.35. The highest BCUT2D eigenvalue weighted by Crippen LogP contribution is 2.41. The van der Waals surface area contributed by atoms with Gasteiger partial charge in [-0.1, -0.05) is 47.0 Å². The highest BCUT2D eigenvalue weighted by molar-refractivity contribution is 6.35. The molecule has 1 aliphatic heterocycles. The van der Waals surface area contributed by atoms with Crippen molar-refractivity contribution in [3.63, 3.8) is 0 Å². The van der Waals surface area contributed by atoms with E-state index >= 15 is 0 Å². The van der Waals surface area contributed by atoms with Crippen LogP contribution in [-0.4, -0.2) is 11.9 Å². The van der Waals surface area contributed by atoms with Crippen LogP contribution in [0.2, 0.25) is 10.0 Å². The largest absolute Gasteiger partial charge is 0.318 e. The van der Waals surface area contributed by atoms with E-state index in [1.165, 1.54) is 0 Å². The van der Waals surface area contributed by atoms with Gasteiger partial charge in [0, 0.05) is 15.7 Å². The summed E-state index contributed by atoms with van der Waals surface area (Å²) in [5.41, 5.74) is 8.75. The number of nitrogens with zero attached hydrogens (tertiary/aromatic N) is 1. The van der Waals surface area contributed by atoms with Gasteiger partial charge < -0.3 is 10.6 Å². The van der Waals surface area contributed by atoms with Crippen molar-refractivity contribution in [2.75, 3.05) is 4.90 Å². The number of aryl methyl sites for hydroxylation is 1. The molecule has 108 valence electrons.